The maximum Gasteiger partial charge on any atom is 0.167 e. The number of furan rings is 1. The zero-order valence-corrected chi connectivity index (χ0v) is 21.2. The molecule has 0 atom stereocenters. The lowest BCUT2D eigenvalue weighted by atomic mass is 10.1. The zero-order chi connectivity index (χ0) is 24.5. The first-order valence-electron chi connectivity index (χ1n) is 10.2. The monoisotopic (exact) mass is 587 g/mol. The molecule has 0 aliphatic carbocycles. The molecule has 4 nitrogen and oxygen atoms in total. The molecule has 1 aromatic heterocycles. The number of ether oxygens (including phenoxy) is 2. The van der Waals surface area contributed by atoms with Crippen molar-refractivity contribution in [2.24, 2.45) is 0 Å². The van der Waals surface area contributed by atoms with Crippen molar-refractivity contribution in [1.82, 2.24) is 0 Å². The molecule has 8 heteroatoms. The van der Waals surface area contributed by atoms with E-state index in [1.54, 1.807) is 18.4 Å². The van der Waals surface area contributed by atoms with Crippen molar-refractivity contribution in [2.75, 3.05) is 25.7 Å². The first kappa shape index (κ1) is 37.2. The Labute approximate surface area is 225 Å². The Hall–Kier alpha value is -1.31. The van der Waals surface area contributed by atoms with Crippen molar-refractivity contribution in [3.8, 4) is 5.75 Å². The molecule has 1 heterocycles. The molecule has 0 aliphatic rings. The molecule has 2 aromatic carbocycles. The topological polar surface area (TPSA) is 51.8 Å². The number of phenols is 1. The Morgan fingerprint density at radius 3 is 1.97 bits per heavy atom. The molecule has 0 amide bonds. The van der Waals surface area contributed by atoms with E-state index in [0.717, 1.165) is 21.9 Å². The molecule has 34 heavy (non-hydrogen) atoms. The lowest BCUT2D eigenvalue weighted by Crippen LogP contribution is -2.18. The lowest BCUT2D eigenvalue weighted by Gasteiger charge is -2.12. The van der Waals surface area contributed by atoms with Crippen LogP contribution in [0.1, 0.15) is 48.6 Å². The van der Waals surface area contributed by atoms with Crippen molar-refractivity contribution in [1.29, 1.82) is 0 Å². The molecule has 1 N–H and O–H groups in total. The normalized spacial score (nSPS) is 9.38. The summed E-state index contributed by atoms with van der Waals surface area (Å²) in [4.78, 5) is 0. The fraction of sp³-hybridized carbons (Fsp3) is 0.462. The lowest BCUT2D eigenvalue weighted by molar-refractivity contribution is -0.119. The molecule has 0 saturated heterocycles. The highest BCUT2D eigenvalue weighted by Gasteiger charge is 2.03. The summed E-state index contributed by atoms with van der Waals surface area (Å²) in [7, 11) is -1.00. The van der Waals surface area contributed by atoms with Crippen LogP contribution in [0.3, 0.4) is 0 Å². The highest BCUT2D eigenvalue weighted by atomic mass is 79.9. The largest absolute Gasteiger partial charge is 0.506 e. The first-order chi connectivity index (χ1) is 15.2. The number of hydrogen-bond acceptors (Lipinski definition) is 4. The summed E-state index contributed by atoms with van der Waals surface area (Å²) in [6.45, 7) is 9.25. The highest BCUT2D eigenvalue weighted by Crippen LogP contribution is 2.26. The molecule has 198 valence electrons. The predicted molar refractivity (Wildman–Crippen MR) is 152 cm³/mol. The Kier molecular flexibility index (Phi) is 25.7. The number of aromatic hydroxyl groups is 1. The molecule has 0 fully saturated rings. The standard InChI is InChI=1S/C9H7ClO.C7H7ClO.C6H13BrO2.CH3F.3CH4/c1-6-2-3-8(10)9-7(6)4-5-11-9;1-5-2-3-6(8)7(9)4-5;1-3-8-6(5-7)9-4-2;1-2;;;/h2-5H,1H3;2-4,9H,1H3;6H,3-5H2,1-2H3;1H3;3*1H4/i;;;1D;;;. The molecule has 0 spiro atoms. The van der Waals surface area contributed by atoms with Gasteiger partial charge in [-0.1, -0.05) is 73.5 Å². The number of rotatable bonds is 5. The second-order valence-corrected chi connectivity index (χ2v) is 7.44. The maximum atomic E-state index is 9.96. The van der Waals surface area contributed by atoms with Gasteiger partial charge in [-0.05, 0) is 63.1 Å². The molecule has 0 unspecified atom stereocenters. The van der Waals surface area contributed by atoms with Gasteiger partial charge in [-0.2, -0.15) is 0 Å². The number of hydrogen-bond donors (Lipinski definition) is 1. The maximum absolute atomic E-state index is 9.96. The predicted octanol–water partition coefficient (Wildman–Crippen LogP) is 10.0. The van der Waals surface area contributed by atoms with Gasteiger partial charge in [0, 0.05) is 18.6 Å². The van der Waals surface area contributed by atoms with E-state index in [1.165, 1.54) is 5.56 Å². The summed E-state index contributed by atoms with van der Waals surface area (Å²) in [6.07, 6.45) is 1.59. The van der Waals surface area contributed by atoms with Crippen LogP contribution < -0.4 is 0 Å². The number of halogens is 4. The van der Waals surface area contributed by atoms with Crippen LogP contribution in [0.4, 0.5) is 4.39 Å². The van der Waals surface area contributed by atoms with Gasteiger partial charge < -0.3 is 19.0 Å². The fourth-order valence-electron chi connectivity index (χ4n) is 2.30. The van der Waals surface area contributed by atoms with E-state index in [9.17, 15) is 4.39 Å². The minimum absolute atomic E-state index is 0. The van der Waals surface area contributed by atoms with Crippen LogP contribution in [0, 0.1) is 13.8 Å². The highest BCUT2D eigenvalue weighted by molar-refractivity contribution is 9.09. The van der Waals surface area contributed by atoms with Crippen molar-refractivity contribution < 1.29 is 24.8 Å². The second-order valence-electron chi connectivity index (χ2n) is 5.98. The van der Waals surface area contributed by atoms with Gasteiger partial charge in [-0.25, -0.2) is 0 Å². The minimum atomic E-state index is -1.00. The van der Waals surface area contributed by atoms with Crippen LogP contribution in [-0.4, -0.2) is 37.1 Å². The number of alkyl halides is 2. The molecule has 0 aliphatic heterocycles. The SMILES string of the molecule is C.C.C.CCOC(CBr)OCC.Cc1ccc(Cl)c(O)c1.Cc1ccc(Cl)c2occc12.[2H]CF. The quantitative estimate of drug-likeness (QED) is 0.238. The zero-order valence-electron chi connectivity index (χ0n) is 19.1. The summed E-state index contributed by atoms with van der Waals surface area (Å²) in [5, 5.41) is 11.9. The van der Waals surface area contributed by atoms with Crippen LogP contribution in [0.5, 0.6) is 5.75 Å². The third-order valence-corrected chi connectivity index (χ3v) is 4.87. The van der Waals surface area contributed by atoms with Crippen LogP contribution in [0.2, 0.25) is 10.0 Å². The molecule has 0 bridgehead atoms. The van der Waals surface area contributed by atoms with Gasteiger partial charge in [-0.3, -0.25) is 4.39 Å². The van der Waals surface area contributed by atoms with Gasteiger partial charge in [0.05, 0.1) is 30.2 Å². The Bertz CT molecular complexity index is 855. The van der Waals surface area contributed by atoms with E-state index in [4.69, 9.17) is 43.6 Å². The smallest absolute Gasteiger partial charge is 0.167 e. The first-order valence-corrected chi connectivity index (χ1v) is 11.3. The summed E-state index contributed by atoms with van der Waals surface area (Å²) < 4.78 is 31.0. The number of phenolic OH excluding ortho intramolecular Hbond substituents is 1. The number of fused-ring (bicyclic) bond motifs is 1. The third kappa shape index (κ3) is 14.8. The molecular formula is C26H42BrCl2FO4. The molecular weight excluding hydrogens is 546 g/mol. The number of aryl methyl sites for hydroxylation is 2. The Balaban J connectivity index is -0.000000189. The Morgan fingerprint density at radius 2 is 1.56 bits per heavy atom. The molecule has 0 saturated carbocycles. The van der Waals surface area contributed by atoms with Crippen molar-refractivity contribution >= 4 is 50.1 Å². The van der Waals surface area contributed by atoms with Crippen LogP contribution in [0.25, 0.3) is 11.0 Å². The molecule has 3 aromatic rings. The molecule has 0 radical (unpaired) electrons. The fourth-order valence-corrected chi connectivity index (χ4v) is 3.00. The van der Waals surface area contributed by atoms with Gasteiger partial charge in [0.25, 0.3) is 0 Å². The van der Waals surface area contributed by atoms with E-state index >= 15 is 0 Å². The summed E-state index contributed by atoms with van der Waals surface area (Å²) in [6, 6.07) is 10.9. The van der Waals surface area contributed by atoms with Gasteiger partial charge in [-0.15, -0.1) is 0 Å². The van der Waals surface area contributed by atoms with Gasteiger partial charge in [0.1, 0.15) is 5.75 Å². The Morgan fingerprint density at radius 1 is 1.03 bits per heavy atom. The van der Waals surface area contributed by atoms with E-state index in [1.807, 2.05) is 52.0 Å². The van der Waals surface area contributed by atoms with E-state index in [-0.39, 0.29) is 34.3 Å². The van der Waals surface area contributed by atoms with Crippen LogP contribution in [0.15, 0.2) is 47.1 Å². The van der Waals surface area contributed by atoms with E-state index in [0.29, 0.717) is 23.3 Å². The van der Waals surface area contributed by atoms with Gasteiger partial charge in [0.15, 0.2) is 11.9 Å². The summed E-state index contributed by atoms with van der Waals surface area (Å²) in [5.74, 6) is 0.150. The number of benzene rings is 2. The minimum Gasteiger partial charge on any atom is -0.506 e. The average molecular weight is 589 g/mol. The van der Waals surface area contributed by atoms with Gasteiger partial charge >= 0.3 is 0 Å². The van der Waals surface area contributed by atoms with Crippen molar-refractivity contribution in [2.45, 2.75) is 56.3 Å². The van der Waals surface area contributed by atoms with Crippen LogP contribution >= 0.6 is 39.1 Å². The van der Waals surface area contributed by atoms with Crippen molar-refractivity contribution in [3.05, 3.63) is 63.8 Å². The van der Waals surface area contributed by atoms with Crippen LogP contribution in [-0.2, 0) is 9.47 Å². The average Bonchev–Trinajstić information content (AvgIpc) is 3.27. The van der Waals surface area contributed by atoms with Gasteiger partial charge in [0.2, 0.25) is 0 Å². The summed E-state index contributed by atoms with van der Waals surface area (Å²) >= 11 is 14.7. The second kappa shape index (κ2) is 23.4. The third-order valence-electron chi connectivity index (χ3n) is 3.72. The van der Waals surface area contributed by atoms with Crippen molar-refractivity contribution in [3.63, 3.8) is 0 Å². The van der Waals surface area contributed by atoms with E-state index in [2.05, 4.69) is 15.9 Å². The van der Waals surface area contributed by atoms with E-state index < -0.39 is 7.15 Å². The molecule has 3 rings (SSSR count). The summed E-state index contributed by atoms with van der Waals surface area (Å²) in [5.41, 5.74) is 2.99.